The Bertz CT molecular complexity index is 688. The zero-order valence-corrected chi connectivity index (χ0v) is 12.6. The van der Waals surface area contributed by atoms with Gasteiger partial charge in [-0.05, 0) is 29.8 Å². The maximum atomic E-state index is 11.3. The Morgan fingerprint density at radius 2 is 1.65 bits per heavy atom. The third-order valence-electron chi connectivity index (χ3n) is 3.29. The summed E-state index contributed by atoms with van der Waals surface area (Å²) in [7, 11) is 0. The smallest absolute Gasteiger partial charge is 0.261 e. The number of nitrogens with one attached hydrogen (secondary N) is 2. The Morgan fingerprint density at radius 3 is 2.22 bits per heavy atom. The van der Waals surface area contributed by atoms with E-state index in [1.165, 1.54) is 0 Å². The molecule has 0 saturated carbocycles. The van der Waals surface area contributed by atoms with Crippen molar-refractivity contribution < 1.29 is 10.0 Å². The number of hydrogen-bond donors (Lipinski definition) is 4. The first kappa shape index (κ1) is 16.7. The van der Waals surface area contributed by atoms with Gasteiger partial charge < -0.3 is 11.1 Å². The number of amides is 1. The highest BCUT2D eigenvalue weighted by molar-refractivity contribution is 5.80. The molecule has 0 aliphatic carbocycles. The topological polar surface area (TPSA) is 87.4 Å². The second-order valence-corrected chi connectivity index (χ2v) is 4.96. The molecule has 0 aliphatic heterocycles. The Morgan fingerprint density at radius 1 is 1.04 bits per heavy atom. The van der Waals surface area contributed by atoms with E-state index in [-0.39, 0.29) is 6.54 Å². The summed E-state index contributed by atoms with van der Waals surface area (Å²) in [6, 6.07) is 16.9. The van der Waals surface area contributed by atoms with Gasteiger partial charge in [-0.15, -0.1) is 0 Å². The van der Waals surface area contributed by atoms with Crippen molar-refractivity contribution in [2.24, 2.45) is 5.73 Å². The molecule has 0 radical (unpaired) electrons. The highest BCUT2D eigenvalue weighted by Crippen LogP contribution is 2.04. The first-order chi connectivity index (χ1) is 11.2. The van der Waals surface area contributed by atoms with Crippen molar-refractivity contribution in [2.45, 2.75) is 12.6 Å². The lowest BCUT2D eigenvalue weighted by Crippen LogP contribution is -2.47. The third kappa shape index (κ3) is 5.24. The zero-order chi connectivity index (χ0) is 16.5. The van der Waals surface area contributed by atoms with Crippen molar-refractivity contribution in [3.05, 3.63) is 71.3 Å². The van der Waals surface area contributed by atoms with Crippen LogP contribution in [0, 0.1) is 11.8 Å². The minimum atomic E-state index is -0.627. The summed E-state index contributed by atoms with van der Waals surface area (Å²) in [6.07, 6.45) is 0. The van der Waals surface area contributed by atoms with E-state index in [0.717, 1.165) is 16.7 Å². The standard InChI is InChI=1S/C18H19N3O2/c19-12-17(18(22)21-23)20-13-16-10-8-15(9-11-16)7-6-14-4-2-1-3-5-14/h1-5,8-11,17,20,23H,12-13,19H2,(H,21,22)/t17-/m0/s1. The second-order valence-electron chi connectivity index (χ2n) is 4.96. The van der Waals surface area contributed by atoms with E-state index >= 15 is 0 Å². The molecule has 1 amide bonds. The predicted molar refractivity (Wildman–Crippen MR) is 88.5 cm³/mol. The van der Waals surface area contributed by atoms with Crippen molar-refractivity contribution >= 4 is 5.91 Å². The quantitative estimate of drug-likeness (QED) is 0.377. The van der Waals surface area contributed by atoms with Crippen LogP contribution < -0.4 is 16.5 Å². The lowest BCUT2D eigenvalue weighted by Gasteiger charge is -2.14. The number of nitrogens with two attached hydrogens (primary N) is 1. The SMILES string of the molecule is NC[C@H](NCc1ccc(C#Cc2ccccc2)cc1)C(=O)NO. The van der Waals surface area contributed by atoms with Gasteiger partial charge in [-0.1, -0.05) is 42.2 Å². The molecular formula is C18H19N3O2. The minimum absolute atomic E-state index is 0.104. The number of carbonyl (C=O) groups is 1. The van der Waals surface area contributed by atoms with Crippen LogP contribution in [0.5, 0.6) is 0 Å². The van der Waals surface area contributed by atoms with E-state index in [0.29, 0.717) is 6.54 Å². The van der Waals surface area contributed by atoms with Crippen molar-refractivity contribution in [3.63, 3.8) is 0 Å². The van der Waals surface area contributed by atoms with Crippen LogP contribution in [0.25, 0.3) is 0 Å². The van der Waals surface area contributed by atoms with Gasteiger partial charge in [0.05, 0.1) is 0 Å². The van der Waals surface area contributed by atoms with E-state index in [2.05, 4.69) is 17.2 Å². The highest BCUT2D eigenvalue weighted by Gasteiger charge is 2.14. The molecule has 2 rings (SSSR count). The number of benzene rings is 2. The highest BCUT2D eigenvalue weighted by atomic mass is 16.5. The molecule has 2 aromatic rings. The van der Waals surface area contributed by atoms with Gasteiger partial charge in [0.2, 0.25) is 0 Å². The van der Waals surface area contributed by atoms with E-state index in [9.17, 15) is 4.79 Å². The summed E-state index contributed by atoms with van der Waals surface area (Å²) in [6.45, 7) is 0.578. The molecule has 118 valence electrons. The molecule has 5 nitrogen and oxygen atoms in total. The second kappa shape index (κ2) is 8.71. The van der Waals surface area contributed by atoms with Gasteiger partial charge in [0, 0.05) is 24.2 Å². The van der Waals surface area contributed by atoms with Crippen LogP contribution in [0.4, 0.5) is 0 Å². The summed E-state index contributed by atoms with van der Waals surface area (Å²) in [5.41, 5.74) is 9.96. The predicted octanol–water partition coefficient (Wildman–Crippen LogP) is 1.01. The minimum Gasteiger partial charge on any atom is -0.328 e. The van der Waals surface area contributed by atoms with Gasteiger partial charge in [-0.2, -0.15) is 0 Å². The molecule has 23 heavy (non-hydrogen) atoms. The van der Waals surface area contributed by atoms with Crippen LogP contribution in [-0.2, 0) is 11.3 Å². The molecule has 0 aliphatic rings. The monoisotopic (exact) mass is 309 g/mol. The molecule has 0 spiro atoms. The largest absolute Gasteiger partial charge is 0.328 e. The fourth-order valence-corrected chi connectivity index (χ4v) is 1.97. The van der Waals surface area contributed by atoms with E-state index in [1.807, 2.05) is 54.6 Å². The van der Waals surface area contributed by atoms with Crippen LogP contribution in [0.3, 0.4) is 0 Å². The lowest BCUT2D eigenvalue weighted by atomic mass is 10.1. The number of rotatable bonds is 5. The van der Waals surface area contributed by atoms with Gasteiger partial charge in [0.15, 0.2) is 0 Å². The van der Waals surface area contributed by atoms with Crippen LogP contribution in [0.15, 0.2) is 54.6 Å². The molecule has 0 aromatic heterocycles. The summed E-state index contributed by atoms with van der Waals surface area (Å²) >= 11 is 0. The fourth-order valence-electron chi connectivity index (χ4n) is 1.97. The molecule has 0 unspecified atom stereocenters. The van der Waals surface area contributed by atoms with Crippen molar-refractivity contribution in [3.8, 4) is 11.8 Å². The maximum absolute atomic E-state index is 11.3. The molecule has 1 atom stereocenters. The van der Waals surface area contributed by atoms with E-state index in [1.54, 1.807) is 5.48 Å². The average Bonchev–Trinajstić information content (AvgIpc) is 2.62. The number of hydrogen-bond acceptors (Lipinski definition) is 4. The van der Waals surface area contributed by atoms with Crippen LogP contribution in [0.1, 0.15) is 16.7 Å². The van der Waals surface area contributed by atoms with Crippen LogP contribution in [0.2, 0.25) is 0 Å². The Kier molecular flexibility index (Phi) is 6.33. The summed E-state index contributed by atoms with van der Waals surface area (Å²) in [5, 5.41) is 11.6. The van der Waals surface area contributed by atoms with Crippen molar-refractivity contribution in [1.82, 2.24) is 10.8 Å². The molecule has 0 fully saturated rings. The Labute approximate surface area is 135 Å². The van der Waals surface area contributed by atoms with Gasteiger partial charge in [0.1, 0.15) is 6.04 Å². The normalized spacial score (nSPS) is 11.2. The zero-order valence-electron chi connectivity index (χ0n) is 12.6. The van der Waals surface area contributed by atoms with Gasteiger partial charge >= 0.3 is 0 Å². The van der Waals surface area contributed by atoms with Gasteiger partial charge in [-0.25, -0.2) is 5.48 Å². The van der Waals surface area contributed by atoms with Crippen molar-refractivity contribution in [1.29, 1.82) is 0 Å². The van der Waals surface area contributed by atoms with Crippen LogP contribution >= 0.6 is 0 Å². The molecule has 2 aromatic carbocycles. The fraction of sp³-hybridized carbons (Fsp3) is 0.167. The Hall–Kier alpha value is -2.65. The number of carbonyl (C=O) groups excluding carboxylic acids is 1. The molecule has 0 heterocycles. The first-order valence-electron chi connectivity index (χ1n) is 7.26. The van der Waals surface area contributed by atoms with Crippen molar-refractivity contribution in [2.75, 3.05) is 6.54 Å². The molecule has 0 bridgehead atoms. The molecule has 0 saturated heterocycles. The maximum Gasteiger partial charge on any atom is 0.261 e. The third-order valence-corrected chi connectivity index (χ3v) is 3.29. The number of hydroxylamine groups is 1. The Balaban J connectivity index is 1.95. The van der Waals surface area contributed by atoms with E-state index < -0.39 is 11.9 Å². The summed E-state index contributed by atoms with van der Waals surface area (Å²) < 4.78 is 0. The van der Waals surface area contributed by atoms with Gasteiger partial charge in [0.25, 0.3) is 5.91 Å². The molecule has 5 heteroatoms. The van der Waals surface area contributed by atoms with Gasteiger partial charge in [-0.3, -0.25) is 10.0 Å². The first-order valence-corrected chi connectivity index (χ1v) is 7.26. The average molecular weight is 309 g/mol. The lowest BCUT2D eigenvalue weighted by molar-refractivity contribution is -0.131. The van der Waals surface area contributed by atoms with E-state index in [4.69, 9.17) is 10.9 Å². The van der Waals surface area contributed by atoms with Crippen LogP contribution in [-0.4, -0.2) is 23.7 Å². The molecule has 5 N–H and O–H groups in total. The summed E-state index contributed by atoms with van der Waals surface area (Å²) in [5.74, 6) is 5.66. The summed E-state index contributed by atoms with van der Waals surface area (Å²) in [4.78, 5) is 11.3. The molecular weight excluding hydrogens is 290 g/mol.